The Morgan fingerprint density at radius 1 is 1.03 bits per heavy atom. The van der Waals surface area contributed by atoms with Crippen LogP contribution in [-0.2, 0) is 4.74 Å². The molecule has 2 aromatic carbocycles. The van der Waals surface area contributed by atoms with Gasteiger partial charge in [0.1, 0.15) is 5.60 Å². The smallest absolute Gasteiger partial charge is 0.444 e. The Balaban J connectivity index is 1.65. The summed E-state index contributed by atoms with van der Waals surface area (Å²) >= 11 is 0. The summed E-state index contributed by atoms with van der Waals surface area (Å²) < 4.78 is 47.2. The van der Waals surface area contributed by atoms with Crippen molar-refractivity contribution in [3.8, 4) is 5.75 Å². The predicted octanol–water partition coefficient (Wildman–Crippen LogP) is 5.11. The SMILES string of the molecule is CC(C)(C)OC(=O)N1CCNCC1c1ccc(NC(=O)Nc2ccccc2OC(F)(F)F)cc1. The van der Waals surface area contributed by atoms with Gasteiger partial charge in [-0.3, -0.25) is 4.90 Å². The van der Waals surface area contributed by atoms with Crippen LogP contribution in [0.2, 0.25) is 0 Å². The number of alkyl halides is 3. The molecule has 0 spiro atoms. The number of amides is 3. The van der Waals surface area contributed by atoms with Gasteiger partial charge in [-0.25, -0.2) is 9.59 Å². The number of para-hydroxylation sites is 2. The topological polar surface area (TPSA) is 91.9 Å². The lowest BCUT2D eigenvalue weighted by Gasteiger charge is -2.37. The van der Waals surface area contributed by atoms with Gasteiger partial charge in [-0.2, -0.15) is 0 Å². The highest BCUT2D eigenvalue weighted by atomic mass is 19.4. The molecule has 34 heavy (non-hydrogen) atoms. The van der Waals surface area contributed by atoms with Crippen LogP contribution in [0.1, 0.15) is 32.4 Å². The molecule has 0 radical (unpaired) electrons. The summed E-state index contributed by atoms with van der Waals surface area (Å²) in [4.78, 5) is 26.6. The Morgan fingerprint density at radius 2 is 1.71 bits per heavy atom. The molecular weight excluding hydrogens is 453 g/mol. The second-order valence-corrected chi connectivity index (χ2v) is 8.64. The Hall–Kier alpha value is -3.47. The van der Waals surface area contributed by atoms with Crippen LogP contribution in [0.25, 0.3) is 0 Å². The molecular formula is C23H27F3N4O4. The van der Waals surface area contributed by atoms with Crippen LogP contribution >= 0.6 is 0 Å². The summed E-state index contributed by atoms with van der Waals surface area (Å²) in [6.07, 6.45) is -5.29. The van der Waals surface area contributed by atoms with Crippen LogP contribution < -0.4 is 20.7 Å². The fraction of sp³-hybridized carbons (Fsp3) is 0.391. The summed E-state index contributed by atoms with van der Waals surface area (Å²) in [5.41, 5.74) is 0.517. The zero-order chi connectivity index (χ0) is 24.9. The number of urea groups is 1. The maximum atomic E-state index is 12.6. The number of rotatable bonds is 4. The van der Waals surface area contributed by atoms with Gasteiger partial charge >= 0.3 is 18.5 Å². The molecule has 3 amide bonds. The van der Waals surface area contributed by atoms with Crippen molar-refractivity contribution in [2.75, 3.05) is 30.3 Å². The summed E-state index contributed by atoms with van der Waals surface area (Å²) in [5, 5.41) is 8.17. The molecule has 1 aliphatic heterocycles. The van der Waals surface area contributed by atoms with E-state index in [4.69, 9.17) is 4.74 Å². The quantitative estimate of drug-likeness (QED) is 0.566. The lowest BCUT2D eigenvalue weighted by atomic mass is 10.0. The highest BCUT2D eigenvalue weighted by Crippen LogP contribution is 2.30. The molecule has 1 unspecified atom stereocenters. The number of ether oxygens (including phenoxy) is 2. The monoisotopic (exact) mass is 480 g/mol. The average Bonchev–Trinajstić information content (AvgIpc) is 2.73. The van der Waals surface area contributed by atoms with Crippen LogP contribution in [0, 0.1) is 0 Å². The second kappa shape index (κ2) is 10.2. The first-order chi connectivity index (χ1) is 15.9. The van der Waals surface area contributed by atoms with Crippen molar-refractivity contribution < 1.29 is 32.2 Å². The third-order valence-corrected chi connectivity index (χ3v) is 4.79. The summed E-state index contributed by atoms with van der Waals surface area (Å²) in [6.45, 7) is 7.10. The molecule has 1 atom stereocenters. The first-order valence-corrected chi connectivity index (χ1v) is 10.6. The van der Waals surface area contributed by atoms with E-state index in [-0.39, 0.29) is 11.7 Å². The summed E-state index contributed by atoms with van der Waals surface area (Å²) in [7, 11) is 0. The molecule has 0 aromatic heterocycles. The van der Waals surface area contributed by atoms with Gasteiger partial charge in [0.2, 0.25) is 0 Å². The third kappa shape index (κ3) is 7.27. The van der Waals surface area contributed by atoms with Gasteiger partial charge in [0.25, 0.3) is 0 Å². The van der Waals surface area contributed by atoms with E-state index in [9.17, 15) is 22.8 Å². The van der Waals surface area contributed by atoms with E-state index >= 15 is 0 Å². The van der Waals surface area contributed by atoms with Crippen LogP contribution in [0.3, 0.4) is 0 Å². The second-order valence-electron chi connectivity index (χ2n) is 8.64. The Labute approximate surface area is 195 Å². The van der Waals surface area contributed by atoms with Gasteiger partial charge in [0, 0.05) is 25.3 Å². The van der Waals surface area contributed by atoms with E-state index < -0.39 is 29.8 Å². The zero-order valence-corrected chi connectivity index (χ0v) is 19.0. The fourth-order valence-electron chi connectivity index (χ4n) is 3.40. The molecule has 2 aromatic rings. The molecule has 1 heterocycles. The van der Waals surface area contributed by atoms with Crippen molar-refractivity contribution in [2.45, 2.75) is 38.8 Å². The van der Waals surface area contributed by atoms with E-state index in [0.29, 0.717) is 25.3 Å². The van der Waals surface area contributed by atoms with Gasteiger partial charge < -0.3 is 25.4 Å². The molecule has 11 heteroatoms. The number of hydrogen-bond donors (Lipinski definition) is 3. The molecule has 3 N–H and O–H groups in total. The molecule has 0 saturated carbocycles. The number of nitrogens with zero attached hydrogens (tertiary/aromatic N) is 1. The highest BCUT2D eigenvalue weighted by Gasteiger charge is 2.33. The van der Waals surface area contributed by atoms with Gasteiger partial charge in [-0.05, 0) is 50.6 Å². The van der Waals surface area contributed by atoms with Crippen molar-refractivity contribution >= 4 is 23.5 Å². The third-order valence-electron chi connectivity index (χ3n) is 4.79. The molecule has 1 aliphatic rings. The normalized spacial score (nSPS) is 16.5. The van der Waals surface area contributed by atoms with Gasteiger partial charge in [0.05, 0.1) is 11.7 Å². The number of halogens is 3. The largest absolute Gasteiger partial charge is 0.573 e. The van der Waals surface area contributed by atoms with Crippen LogP contribution in [0.15, 0.2) is 48.5 Å². The first-order valence-electron chi connectivity index (χ1n) is 10.6. The van der Waals surface area contributed by atoms with Crippen molar-refractivity contribution in [1.29, 1.82) is 0 Å². The van der Waals surface area contributed by atoms with E-state index in [1.165, 1.54) is 18.2 Å². The van der Waals surface area contributed by atoms with Crippen LogP contribution in [-0.4, -0.2) is 48.6 Å². The fourth-order valence-corrected chi connectivity index (χ4v) is 3.40. The molecule has 1 fully saturated rings. The van der Waals surface area contributed by atoms with Crippen molar-refractivity contribution in [3.05, 3.63) is 54.1 Å². The zero-order valence-electron chi connectivity index (χ0n) is 19.0. The lowest BCUT2D eigenvalue weighted by molar-refractivity contribution is -0.274. The maximum absolute atomic E-state index is 12.6. The number of nitrogens with one attached hydrogen (secondary N) is 3. The number of carbonyl (C=O) groups excluding carboxylic acids is 2. The molecule has 184 valence electrons. The van der Waals surface area contributed by atoms with E-state index in [1.54, 1.807) is 49.9 Å². The van der Waals surface area contributed by atoms with E-state index in [1.807, 2.05) is 0 Å². The minimum Gasteiger partial charge on any atom is -0.444 e. The summed E-state index contributed by atoms with van der Waals surface area (Å²) in [5.74, 6) is -0.521. The molecule has 3 rings (SSSR count). The van der Waals surface area contributed by atoms with Gasteiger partial charge in [-0.1, -0.05) is 24.3 Å². The number of anilines is 2. The maximum Gasteiger partial charge on any atom is 0.573 e. The lowest BCUT2D eigenvalue weighted by Crippen LogP contribution is -2.50. The Morgan fingerprint density at radius 3 is 2.35 bits per heavy atom. The minimum absolute atomic E-state index is 0.129. The van der Waals surface area contributed by atoms with Crippen molar-refractivity contribution in [1.82, 2.24) is 10.2 Å². The number of carbonyl (C=O) groups is 2. The van der Waals surface area contributed by atoms with E-state index in [0.717, 1.165) is 11.6 Å². The van der Waals surface area contributed by atoms with Crippen molar-refractivity contribution in [2.24, 2.45) is 0 Å². The van der Waals surface area contributed by atoms with Crippen LogP contribution in [0.4, 0.5) is 34.1 Å². The molecule has 0 bridgehead atoms. The Kier molecular flexibility index (Phi) is 7.55. The minimum atomic E-state index is -4.88. The predicted molar refractivity (Wildman–Crippen MR) is 121 cm³/mol. The van der Waals surface area contributed by atoms with Crippen LogP contribution in [0.5, 0.6) is 5.75 Å². The number of hydrogen-bond acceptors (Lipinski definition) is 5. The highest BCUT2D eigenvalue weighted by molar-refractivity contribution is 6.00. The standard InChI is InChI=1S/C23H27F3N4O4/c1-22(2,3)34-21(32)30-13-12-27-14-18(30)15-8-10-16(11-9-15)28-20(31)29-17-6-4-5-7-19(17)33-23(24,25)26/h4-11,18,27H,12-14H2,1-3H3,(H2,28,29,31). The van der Waals surface area contributed by atoms with Crippen molar-refractivity contribution in [3.63, 3.8) is 0 Å². The first kappa shape index (κ1) is 25.2. The van der Waals surface area contributed by atoms with E-state index in [2.05, 4.69) is 20.7 Å². The average molecular weight is 480 g/mol. The van der Waals surface area contributed by atoms with Gasteiger partial charge in [0.15, 0.2) is 5.75 Å². The van der Waals surface area contributed by atoms with Gasteiger partial charge in [-0.15, -0.1) is 13.2 Å². The molecule has 8 nitrogen and oxygen atoms in total. The summed E-state index contributed by atoms with van der Waals surface area (Å²) in [6, 6.07) is 11.1. The number of piperazine rings is 1. The Bertz CT molecular complexity index is 1010. The molecule has 1 saturated heterocycles. The number of benzene rings is 2. The molecule has 0 aliphatic carbocycles.